The van der Waals surface area contributed by atoms with Gasteiger partial charge in [0.2, 0.25) is 0 Å². The van der Waals surface area contributed by atoms with Crippen LogP contribution in [0.4, 0.5) is 0 Å². The monoisotopic (exact) mass is 391 g/mol. The lowest BCUT2D eigenvalue weighted by Crippen LogP contribution is -2.23. The maximum atomic E-state index is 12.0. The Labute approximate surface area is 162 Å². The highest BCUT2D eigenvalue weighted by Crippen LogP contribution is 2.32. The van der Waals surface area contributed by atoms with Gasteiger partial charge in [-0.2, -0.15) is 0 Å². The first kappa shape index (κ1) is 18.9. The Kier molecular flexibility index (Phi) is 5.70. The second-order valence-electron chi connectivity index (χ2n) is 6.42. The summed E-state index contributed by atoms with van der Waals surface area (Å²) in [5, 5.41) is 6.07. The number of benzene rings is 1. The van der Waals surface area contributed by atoms with Gasteiger partial charge < -0.3 is 15.6 Å². The van der Waals surface area contributed by atoms with Crippen LogP contribution in [0.25, 0.3) is 21.8 Å². The Morgan fingerprint density at radius 3 is 3.00 bits per heavy atom. The van der Waals surface area contributed by atoms with E-state index >= 15 is 0 Å². The van der Waals surface area contributed by atoms with Gasteiger partial charge in [-0.15, -0.1) is 12.4 Å². The van der Waals surface area contributed by atoms with E-state index in [-0.39, 0.29) is 18.4 Å². The Morgan fingerprint density at radius 2 is 2.23 bits per heavy atom. The molecular formula is C18H22ClN5OS. The van der Waals surface area contributed by atoms with E-state index < -0.39 is 5.91 Å². The molecule has 1 aromatic carbocycles. The van der Waals surface area contributed by atoms with Gasteiger partial charge >= 0.3 is 0 Å². The standard InChI is InChI=1S/C18H21N5OS.ClH/c1-25-18-21-8-11-5-6-13-14(17(19)24)10-23(16(13)15(11)22-18)12-4-2-3-7-20-9-12;/h5-6,8,10,12,20H,2-4,7,9H2,1H3,(H2,19,24);1H. The number of thioether (sulfide) groups is 1. The number of primary amides is 1. The van der Waals surface area contributed by atoms with Gasteiger partial charge in [0.15, 0.2) is 5.16 Å². The van der Waals surface area contributed by atoms with Crippen molar-refractivity contribution in [1.82, 2.24) is 19.9 Å². The van der Waals surface area contributed by atoms with Crippen molar-refractivity contribution in [3.05, 3.63) is 30.1 Å². The first-order valence-corrected chi connectivity index (χ1v) is 9.76. The number of hydrogen-bond donors (Lipinski definition) is 2. The van der Waals surface area contributed by atoms with Crippen LogP contribution in [0.1, 0.15) is 35.7 Å². The van der Waals surface area contributed by atoms with Crippen molar-refractivity contribution in [1.29, 1.82) is 0 Å². The van der Waals surface area contributed by atoms with Crippen molar-refractivity contribution in [2.75, 3.05) is 19.3 Å². The summed E-state index contributed by atoms with van der Waals surface area (Å²) in [4.78, 5) is 21.1. The Bertz CT molecular complexity index is 950. The average molecular weight is 392 g/mol. The number of carbonyl (C=O) groups excluding carboxylic acids is 1. The molecule has 0 spiro atoms. The van der Waals surface area contributed by atoms with Crippen LogP contribution in [0, 0.1) is 0 Å². The molecule has 3 N–H and O–H groups in total. The van der Waals surface area contributed by atoms with Gasteiger partial charge in [0, 0.05) is 35.8 Å². The van der Waals surface area contributed by atoms with Crippen LogP contribution in [0.2, 0.25) is 0 Å². The second kappa shape index (κ2) is 7.82. The fourth-order valence-corrected chi connectivity index (χ4v) is 3.98. The van der Waals surface area contributed by atoms with Crippen LogP contribution in [-0.4, -0.2) is 39.8 Å². The molecule has 1 unspecified atom stereocenters. The molecule has 0 saturated carbocycles. The molecule has 1 aliphatic heterocycles. The van der Waals surface area contributed by atoms with Gasteiger partial charge in [-0.1, -0.05) is 30.3 Å². The molecule has 6 nitrogen and oxygen atoms in total. The van der Waals surface area contributed by atoms with Crippen LogP contribution < -0.4 is 11.1 Å². The lowest BCUT2D eigenvalue weighted by Gasteiger charge is -2.18. The van der Waals surface area contributed by atoms with E-state index in [0.717, 1.165) is 46.5 Å². The topological polar surface area (TPSA) is 85.8 Å². The van der Waals surface area contributed by atoms with Crippen molar-refractivity contribution in [3.8, 4) is 0 Å². The van der Waals surface area contributed by atoms with Crippen LogP contribution in [-0.2, 0) is 0 Å². The Morgan fingerprint density at radius 1 is 1.38 bits per heavy atom. The predicted octanol–water partition coefficient (Wildman–Crippen LogP) is 3.14. The van der Waals surface area contributed by atoms with Crippen molar-refractivity contribution in [2.24, 2.45) is 5.73 Å². The molecule has 1 aliphatic rings. The van der Waals surface area contributed by atoms with Crippen LogP contribution >= 0.6 is 24.2 Å². The molecule has 3 heterocycles. The van der Waals surface area contributed by atoms with Crippen LogP contribution in [0.3, 0.4) is 0 Å². The summed E-state index contributed by atoms with van der Waals surface area (Å²) in [6.45, 7) is 1.93. The second-order valence-corrected chi connectivity index (χ2v) is 7.20. The summed E-state index contributed by atoms with van der Waals surface area (Å²) in [7, 11) is 0. The largest absolute Gasteiger partial charge is 0.366 e. The molecule has 1 saturated heterocycles. The maximum absolute atomic E-state index is 12.0. The SMILES string of the molecule is CSc1ncc2ccc3c(C(N)=O)cn(C4CCCCNC4)c3c2n1.Cl. The summed E-state index contributed by atoms with van der Waals surface area (Å²) >= 11 is 1.51. The number of fused-ring (bicyclic) bond motifs is 3. The molecule has 0 bridgehead atoms. The summed E-state index contributed by atoms with van der Waals surface area (Å²) in [5.41, 5.74) is 8.08. The van der Waals surface area contributed by atoms with Crippen LogP contribution in [0.5, 0.6) is 0 Å². The quantitative estimate of drug-likeness (QED) is 0.529. The van der Waals surface area contributed by atoms with E-state index in [2.05, 4.69) is 14.9 Å². The van der Waals surface area contributed by atoms with E-state index in [4.69, 9.17) is 10.7 Å². The normalized spacial score (nSPS) is 17.8. The van der Waals surface area contributed by atoms with E-state index in [1.807, 2.05) is 30.8 Å². The number of hydrogen-bond acceptors (Lipinski definition) is 5. The highest BCUT2D eigenvalue weighted by molar-refractivity contribution is 7.98. The number of carbonyl (C=O) groups is 1. The third-order valence-corrected chi connectivity index (χ3v) is 5.44. The smallest absolute Gasteiger partial charge is 0.250 e. The number of halogens is 1. The Hall–Kier alpha value is -1.83. The summed E-state index contributed by atoms with van der Waals surface area (Å²) in [5.74, 6) is -0.399. The van der Waals surface area contributed by atoms with Crippen molar-refractivity contribution in [2.45, 2.75) is 30.5 Å². The van der Waals surface area contributed by atoms with E-state index in [1.54, 1.807) is 0 Å². The average Bonchev–Trinajstić information content (AvgIpc) is 2.82. The van der Waals surface area contributed by atoms with Gasteiger partial charge in [0.05, 0.1) is 16.6 Å². The van der Waals surface area contributed by atoms with Gasteiger partial charge in [0.1, 0.15) is 0 Å². The van der Waals surface area contributed by atoms with Gasteiger partial charge in [-0.25, -0.2) is 9.97 Å². The number of nitrogens with zero attached hydrogens (tertiary/aromatic N) is 3. The highest BCUT2D eigenvalue weighted by atomic mass is 35.5. The first-order chi connectivity index (χ1) is 12.2. The van der Waals surface area contributed by atoms with Crippen LogP contribution in [0.15, 0.2) is 29.7 Å². The minimum Gasteiger partial charge on any atom is -0.366 e. The molecule has 3 aromatic rings. The Balaban J connectivity index is 0.00000196. The zero-order valence-electron chi connectivity index (χ0n) is 14.6. The van der Waals surface area contributed by atoms with E-state index in [9.17, 15) is 4.79 Å². The summed E-state index contributed by atoms with van der Waals surface area (Å²) < 4.78 is 2.20. The predicted molar refractivity (Wildman–Crippen MR) is 108 cm³/mol. The fourth-order valence-electron chi connectivity index (χ4n) is 3.64. The van der Waals surface area contributed by atoms with Gasteiger partial charge in [0.25, 0.3) is 5.91 Å². The lowest BCUT2D eigenvalue weighted by atomic mass is 10.1. The number of rotatable bonds is 3. The molecule has 1 amide bonds. The van der Waals surface area contributed by atoms with Gasteiger partial charge in [-0.05, 0) is 25.6 Å². The third-order valence-electron chi connectivity index (χ3n) is 4.88. The molecule has 26 heavy (non-hydrogen) atoms. The maximum Gasteiger partial charge on any atom is 0.250 e. The van der Waals surface area contributed by atoms with Crippen molar-refractivity contribution in [3.63, 3.8) is 0 Å². The molecule has 1 atom stereocenters. The molecule has 1 fully saturated rings. The zero-order chi connectivity index (χ0) is 17.4. The lowest BCUT2D eigenvalue weighted by molar-refractivity contribution is 0.100. The summed E-state index contributed by atoms with van der Waals surface area (Å²) in [6.07, 6.45) is 9.14. The van der Waals surface area contributed by atoms with E-state index in [0.29, 0.717) is 5.56 Å². The molecular weight excluding hydrogens is 370 g/mol. The summed E-state index contributed by atoms with van der Waals surface area (Å²) in [6, 6.07) is 4.21. The number of amides is 1. The number of aromatic nitrogens is 3. The van der Waals surface area contributed by atoms with Crippen molar-refractivity contribution < 1.29 is 4.79 Å². The first-order valence-electron chi connectivity index (χ1n) is 8.54. The molecule has 4 rings (SSSR count). The third kappa shape index (κ3) is 3.26. The fraction of sp³-hybridized carbons (Fsp3) is 0.389. The van der Waals surface area contributed by atoms with E-state index in [1.165, 1.54) is 24.6 Å². The number of nitrogens with two attached hydrogens (primary N) is 1. The molecule has 0 radical (unpaired) electrons. The molecule has 8 heteroatoms. The molecule has 138 valence electrons. The molecule has 0 aliphatic carbocycles. The van der Waals surface area contributed by atoms with Crippen molar-refractivity contribution >= 4 is 51.9 Å². The number of nitrogens with one attached hydrogen (secondary N) is 1. The minimum absolute atomic E-state index is 0. The highest BCUT2D eigenvalue weighted by Gasteiger charge is 2.22. The zero-order valence-corrected chi connectivity index (χ0v) is 16.2. The van der Waals surface area contributed by atoms with Gasteiger partial charge in [-0.3, -0.25) is 4.79 Å². The minimum atomic E-state index is -0.399. The molecule has 2 aromatic heterocycles.